The minimum absolute atomic E-state index is 0.0141. The average molecular weight is 367 g/mol. The fraction of sp³-hybridized carbons (Fsp3) is 0.200. The van der Waals surface area contributed by atoms with E-state index in [1.807, 2.05) is 60.8 Å². The maximum absolute atomic E-state index is 12.0. The predicted octanol–water partition coefficient (Wildman–Crippen LogP) is 3.54. The van der Waals surface area contributed by atoms with Crippen molar-refractivity contribution >= 4 is 17.7 Å². The van der Waals surface area contributed by atoms with Gasteiger partial charge in [-0.25, -0.2) is 4.98 Å². The van der Waals surface area contributed by atoms with Crippen LogP contribution in [-0.4, -0.2) is 35.3 Å². The van der Waals surface area contributed by atoms with Gasteiger partial charge >= 0.3 is 0 Å². The molecule has 0 radical (unpaired) electrons. The van der Waals surface area contributed by atoms with Crippen molar-refractivity contribution in [2.24, 2.45) is 0 Å². The summed E-state index contributed by atoms with van der Waals surface area (Å²) in [5.41, 5.74) is 3.07. The van der Waals surface area contributed by atoms with E-state index in [1.54, 1.807) is 18.9 Å². The molecule has 1 amide bonds. The molecule has 2 aromatic carbocycles. The SMILES string of the molecule is COc1ccc(CC(=O)NCCSc2ncc(-c3ccccc3)[nH]2)cc1. The van der Waals surface area contributed by atoms with Crippen molar-refractivity contribution in [2.45, 2.75) is 11.6 Å². The molecule has 3 rings (SSSR count). The third-order valence-corrected chi connectivity index (χ3v) is 4.71. The number of ether oxygens (including phenoxy) is 1. The molecular formula is C20H21N3O2S. The number of hydrogen-bond acceptors (Lipinski definition) is 4. The lowest BCUT2D eigenvalue weighted by Crippen LogP contribution is -2.27. The van der Waals surface area contributed by atoms with Gasteiger partial charge in [0.25, 0.3) is 0 Å². The summed E-state index contributed by atoms with van der Waals surface area (Å²) < 4.78 is 5.11. The van der Waals surface area contributed by atoms with Crippen LogP contribution in [0.1, 0.15) is 5.56 Å². The Morgan fingerprint density at radius 3 is 2.65 bits per heavy atom. The van der Waals surface area contributed by atoms with E-state index in [0.29, 0.717) is 13.0 Å². The van der Waals surface area contributed by atoms with E-state index in [-0.39, 0.29) is 5.91 Å². The molecule has 0 atom stereocenters. The number of H-pyrrole nitrogens is 1. The molecule has 0 aliphatic rings. The van der Waals surface area contributed by atoms with Crippen LogP contribution in [0.3, 0.4) is 0 Å². The largest absolute Gasteiger partial charge is 0.497 e. The summed E-state index contributed by atoms with van der Waals surface area (Å²) in [4.78, 5) is 19.7. The first-order valence-corrected chi connectivity index (χ1v) is 9.36. The first-order valence-electron chi connectivity index (χ1n) is 8.37. The zero-order valence-electron chi connectivity index (χ0n) is 14.6. The third-order valence-electron chi connectivity index (χ3n) is 3.82. The second-order valence-corrected chi connectivity index (χ2v) is 6.77. The molecule has 0 aliphatic heterocycles. The van der Waals surface area contributed by atoms with Gasteiger partial charge in [-0.05, 0) is 23.3 Å². The van der Waals surface area contributed by atoms with Gasteiger partial charge in [0, 0.05) is 12.3 Å². The second kappa shape index (κ2) is 9.10. The molecule has 26 heavy (non-hydrogen) atoms. The Hall–Kier alpha value is -2.73. The average Bonchev–Trinajstić information content (AvgIpc) is 3.15. The van der Waals surface area contributed by atoms with Crippen LogP contribution in [0.25, 0.3) is 11.3 Å². The number of methoxy groups -OCH3 is 1. The van der Waals surface area contributed by atoms with Gasteiger partial charge < -0.3 is 15.0 Å². The van der Waals surface area contributed by atoms with E-state index in [2.05, 4.69) is 15.3 Å². The lowest BCUT2D eigenvalue weighted by atomic mass is 10.1. The first-order chi connectivity index (χ1) is 12.7. The number of benzene rings is 2. The van der Waals surface area contributed by atoms with Crippen LogP contribution in [0.5, 0.6) is 5.75 Å². The zero-order chi connectivity index (χ0) is 18.2. The summed E-state index contributed by atoms with van der Waals surface area (Å²) in [6.45, 7) is 0.598. The van der Waals surface area contributed by atoms with Crippen LogP contribution >= 0.6 is 11.8 Å². The predicted molar refractivity (Wildman–Crippen MR) is 104 cm³/mol. The molecule has 0 spiro atoms. The molecule has 0 unspecified atom stereocenters. The maximum atomic E-state index is 12.0. The topological polar surface area (TPSA) is 67.0 Å². The van der Waals surface area contributed by atoms with E-state index < -0.39 is 0 Å². The van der Waals surface area contributed by atoms with Gasteiger partial charge in [-0.1, -0.05) is 54.2 Å². The number of thioether (sulfide) groups is 1. The highest BCUT2D eigenvalue weighted by atomic mass is 32.2. The van der Waals surface area contributed by atoms with E-state index in [4.69, 9.17) is 4.74 Å². The number of carbonyl (C=O) groups is 1. The standard InChI is InChI=1S/C20H21N3O2S/c1-25-17-9-7-15(8-10-17)13-19(24)21-11-12-26-20-22-14-18(23-20)16-5-3-2-4-6-16/h2-10,14H,11-13H2,1H3,(H,21,24)(H,22,23). The molecule has 2 N–H and O–H groups in total. The molecule has 5 nitrogen and oxygen atoms in total. The fourth-order valence-corrected chi connectivity index (χ4v) is 3.18. The van der Waals surface area contributed by atoms with E-state index in [1.165, 1.54) is 0 Å². The van der Waals surface area contributed by atoms with Crippen molar-refractivity contribution in [1.82, 2.24) is 15.3 Å². The highest BCUT2D eigenvalue weighted by molar-refractivity contribution is 7.99. The molecule has 0 saturated heterocycles. The Labute approximate surface area is 157 Å². The summed E-state index contributed by atoms with van der Waals surface area (Å²) in [5, 5.41) is 3.79. The lowest BCUT2D eigenvalue weighted by Gasteiger charge is -2.05. The number of aromatic nitrogens is 2. The van der Waals surface area contributed by atoms with Crippen LogP contribution in [-0.2, 0) is 11.2 Å². The van der Waals surface area contributed by atoms with E-state index in [9.17, 15) is 4.79 Å². The number of aromatic amines is 1. The fourth-order valence-electron chi connectivity index (χ4n) is 2.47. The van der Waals surface area contributed by atoms with Gasteiger partial charge in [0.15, 0.2) is 5.16 Å². The summed E-state index contributed by atoms with van der Waals surface area (Å²) >= 11 is 1.59. The summed E-state index contributed by atoms with van der Waals surface area (Å²) in [7, 11) is 1.63. The Morgan fingerprint density at radius 1 is 1.15 bits per heavy atom. The normalized spacial score (nSPS) is 10.5. The van der Waals surface area contributed by atoms with Gasteiger partial charge in [-0.3, -0.25) is 4.79 Å². The zero-order valence-corrected chi connectivity index (χ0v) is 15.4. The monoisotopic (exact) mass is 367 g/mol. The highest BCUT2D eigenvalue weighted by Gasteiger charge is 2.05. The van der Waals surface area contributed by atoms with Crippen molar-refractivity contribution < 1.29 is 9.53 Å². The summed E-state index contributed by atoms with van der Waals surface area (Å²) in [5.74, 6) is 1.56. The molecule has 0 bridgehead atoms. The van der Waals surface area contributed by atoms with Crippen molar-refractivity contribution in [2.75, 3.05) is 19.4 Å². The van der Waals surface area contributed by atoms with Crippen LogP contribution in [0, 0.1) is 0 Å². The van der Waals surface area contributed by atoms with Crippen LogP contribution in [0.4, 0.5) is 0 Å². The molecule has 0 fully saturated rings. The van der Waals surface area contributed by atoms with Crippen molar-refractivity contribution in [3.05, 3.63) is 66.4 Å². The Balaban J connectivity index is 1.40. The Bertz CT molecular complexity index is 832. The smallest absolute Gasteiger partial charge is 0.224 e. The second-order valence-electron chi connectivity index (χ2n) is 5.69. The first kappa shape index (κ1) is 18.1. The van der Waals surface area contributed by atoms with Crippen LogP contribution in [0.2, 0.25) is 0 Å². The number of hydrogen-bond donors (Lipinski definition) is 2. The van der Waals surface area contributed by atoms with Gasteiger partial charge in [0.1, 0.15) is 5.75 Å². The Kier molecular flexibility index (Phi) is 6.33. The number of carbonyl (C=O) groups excluding carboxylic acids is 1. The maximum Gasteiger partial charge on any atom is 0.224 e. The Morgan fingerprint density at radius 2 is 1.92 bits per heavy atom. The number of rotatable bonds is 8. The molecule has 0 saturated carbocycles. The summed E-state index contributed by atoms with van der Waals surface area (Å²) in [6.07, 6.45) is 2.20. The van der Waals surface area contributed by atoms with E-state index >= 15 is 0 Å². The van der Waals surface area contributed by atoms with Crippen molar-refractivity contribution in [3.8, 4) is 17.0 Å². The van der Waals surface area contributed by atoms with Crippen LogP contribution in [0.15, 0.2) is 66.0 Å². The number of nitrogens with one attached hydrogen (secondary N) is 2. The summed E-state index contributed by atoms with van der Waals surface area (Å²) in [6, 6.07) is 17.6. The molecule has 1 aromatic heterocycles. The highest BCUT2D eigenvalue weighted by Crippen LogP contribution is 2.20. The van der Waals surface area contributed by atoms with E-state index in [0.717, 1.165) is 33.5 Å². The van der Waals surface area contributed by atoms with Crippen molar-refractivity contribution in [3.63, 3.8) is 0 Å². The molecule has 134 valence electrons. The van der Waals surface area contributed by atoms with Gasteiger partial charge in [0.05, 0.1) is 25.4 Å². The van der Waals surface area contributed by atoms with Crippen molar-refractivity contribution in [1.29, 1.82) is 0 Å². The van der Waals surface area contributed by atoms with Gasteiger partial charge in [-0.2, -0.15) is 0 Å². The van der Waals surface area contributed by atoms with Gasteiger partial charge in [0.2, 0.25) is 5.91 Å². The molecule has 0 aliphatic carbocycles. The minimum atomic E-state index is 0.0141. The molecule has 3 aromatic rings. The third kappa shape index (κ3) is 5.13. The lowest BCUT2D eigenvalue weighted by molar-refractivity contribution is -0.120. The molecule has 6 heteroatoms. The quantitative estimate of drug-likeness (QED) is 0.472. The number of imidazole rings is 1. The minimum Gasteiger partial charge on any atom is -0.497 e. The van der Waals surface area contributed by atoms with Gasteiger partial charge in [-0.15, -0.1) is 0 Å². The molecular weight excluding hydrogens is 346 g/mol. The molecule has 1 heterocycles. The number of nitrogens with zero attached hydrogens (tertiary/aromatic N) is 1. The number of amides is 1. The van der Waals surface area contributed by atoms with Crippen LogP contribution < -0.4 is 10.1 Å².